The van der Waals surface area contributed by atoms with Crippen LogP contribution in [0, 0.1) is 23.2 Å². The number of nitriles is 1. The molecule has 0 unspecified atom stereocenters. The Kier molecular flexibility index (Phi) is 6.78. The van der Waals surface area contributed by atoms with Crippen molar-refractivity contribution in [3.63, 3.8) is 0 Å². The number of alkyl halides is 2. The summed E-state index contributed by atoms with van der Waals surface area (Å²) in [6, 6.07) is 9.88. The van der Waals surface area contributed by atoms with Crippen LogP contribution in [0.25, 0.3) is 11.1 Å². The Balaban J connectivity index is 1.36. The van der Waals surface area contributed by atoms with Crippen molar-refractivity contribution >= 4 is 29.3 Å². The van der Waals surface area contributed by atoms with Crippen LogP contribution in [-0.4, -0.2) is 58.3 Å². The highest BCUT2D eigenvalue weighted by Crippen LogP contribution is 2.54. The Hall–Kier alpha value is -3.55. The van der Waals surface area contributed by atoms with Gasteiger partial charge in [0.25, 0.3) is 11.8 Å². The number of hydrogen-bond acceptors (Lipinski definition) is 5. The number of halogens is 3. The molecule has 8 nitrogen and oxygen atoms in total. The minimum Gasteiger partial charge on any atom is -0.372 e. The number of hydrogen-bond donors (Lipinski definition) is 3. The lowest BCUT2D eigenvalue weighted by Crippen LogP contribution is -2.70. The molecule has 2 bridgehead atoms. The van der Waals surface area contributed by atoms with E-state index in [-0.39, 0.29) is 41.3 Å². The van der Waals surface area contributed by atoms with Crippen molar-refractivity contribution in [2.75, 3.05) is 6.54 Å². The normalized spacial score (nSPS) is 30.0. The van der Waals surface area contributed by atoms with Crippen molar-refractivity contribution in [2.45, 2.75) is 68.2 Å². The zero-order valence-corrected chi connectivity index (χ0v) is 22.8. The highest BCUT2D eigenvalue weighted by atomic mass is 35.5. The van der Waals surface area contributed by atoms with Gasteiger partial charge < -0.3 is 20.6 Å². The zero-order chi connectivity index (χ0) is 29.1. The first-order valence-corrected chi connectivity index (χ1v) is 14.2. The molecule has 7 rings (SSSR count). The van der Waals surface area contributed by atoms with Gasteiger partial charge in [0.2, 0.25) is 11.8 Å². The van der Waals surface area contributed by atoms with Crippen molar-refractivity contribution in [2.24, 2.45) is 11.8 Å². The number of rotatable bonds is 5. The smallest absolute Gasteiger partial charge is 0.264 e. The molecule has 3 saturated heterocycles. The van der Waals surface area contributed by atoms with Gasteiger partial charge in [0.05, 0.1) is 12.0 Å². The van der Waals surface area contributed by atoms with Crippen LogP contribution in [-0.2, 0) is 20.0 Å². The number of piperidine rings is 3. The first-order valence-electron chi connectivity index (χ1n) is 13.9. The van der Waals surface area contributed by atoms with Gasteiger partial charge in [-0.1, -0.05) is 41.9 Å². The van der Waals surface area contributed by atoms with Gasteiger partial charge in [-0.2, -0.15) is 5.26 Å². The van der Waals surface area contributed by atoms with Crippen LogP contribution < -0.4 is 10.6 Å². The van der Waals surface area contributed by atoms with Gasteiger partial charge in [-0.15, -0.1) is 0 Å². The van der Waals surface area contributed by atoms with Crippen LogP contribution in [0.1, 0.15) is 49.7 Å². The number of nitrogens with one attached hydrogen (secondary N) is 2. The van der Waals surface area contributed by atoms with E-state index in [9.17, 15) is 24.8 Å². The third kappa shape index (κ3) is 4.37. The van der Waals surface area contributed by atoms with Crippen molar-refractivity contribution in [3.05, 3.63) is 58.6 Å². The molecule has 0 spiro atoms. The molecule has 41 heavy (non-hydrogen) atoms. The fourth-order valence-electron chi connectivity index (χ4n) is 7.19. The van der Waals surface area contributed by atoms with E-state index in [0.29, 0.717) is 24.1 Å². The van der Waals surface area contributed by atoms with Gasteiger partial charge in [-0.25, -0.2) is 8.78 Å². The Morgan fingerprint density at radius 2 is 1.93 bits per heavy atom. The van der Waals surface area contributed by atoms with Crippen LogP contribution in [0.15, 0.2) is 42.5 Å². The van der Waals surface area contributed by atoms with Gasteiger partial charge in [0, 0.05) is 41.1 Å². The molecular weight excluding hydrogens is 554 g/mol. The predicted octanol–water partition coefficient (Wildman–Crippen LogP) is 3.50. The second-order valence-electron chi connectivity index (χ2n) is 11.5. The molecule has 11 heteroatoms. The van der Waals surface area contributed by atoms with E-state index >= 15 is 8.78 Å². The summed E-state index contributed by atoms with van der Waals surface area (Å²) in [7, 11) is 0. The number of carbonyl (C=O) groups is 3. The van der Waals surface area contributed by atoms with Gasteiger partial charge in [-0.05, 0) is 55.4 Å². The van der Waals surface area contributed by atoms with Crippen molar-refractivity contribution in [1.82, 2.24) is 15.5 Å². The highest BCUT2D eigenvalue weighted by Gasteiger charge is 2.63. The van der Waals surface area contributed by atoms with E-state index < -0.39 is 59.7 Å². The molecule has 1 saturated carbocycles. The molecule has 2 aliphatic carbocycles. The van der Waals surface area contributed by atoms with E-state index in [1.165, 1.54) is 6.07 Å². The average Bonchev–Trinajstić information content (AvgIpc) is 3.21. The maximum Gasteiger partial charge on any atom is 0.264 e. The van der Waals surface area contributed by atoms with Gasteiger partial charge in [0.1, 0.15) is 12.1 Å². The lowest BCUT2D eigenvalue weighted by Gasteiger charge is -2.54. The van der Waals surface area contributed by atoms with Crippen molar-refractivity contribution in [3.8, 4) is 17.2 Å². The van der Waals surface area contributed by atoms with Gasteiger partial charge in [-0.3, -0.25) is 14.4 Å². The second kappa shape index (κ2) is 10.1. The SMILES string of the molecule is N#C[C@H](C[C@H]1CCCNC1=O)NC(=O)[C@H]1[C@@H]2CC[C@@H](CC2(F)F)N1C(=O)[C@]1(O)c2ccccc2-c2ccc(Cl)cc21. The van der Waals surface area contributed by atoms with E-state index in [1.807, 2.05) is 6.07 Å². The largest absolute Gasteiger partial charge is 0.372 e. The van der Waals surface area contributed by atoms with Crippen LogP contribution in [0.3, 0.4) is 0 Å². The number of carbonyl (C=O) groups excluding carboxylic acids is 3. The van der Waals surface area contributed by atoms with E-state index in [2.05, 4.69) is 10.6 Å². The summed E-state index contributed by atoms with van der Waals surface area (Å²) >= 11 is 6.27. The fourth-order valence-corrected chi connectivity index (χ4v) is 7.36. The number of amides is 3. The van der Waals surface area contributed by atoms with Crippen molar-refractivity contribution in [1.29, 1.82) is 5.26 Å². The van der Waals surface area contributed by atoms with Gasteiger partial charge >= 0.3 is 0 Å². The summed E-state index contributed by atoms with van der Waals surface area (Å²) in [6.45, 7) is 0.538. The van der Waals surface area contributed by atoms with Crippen LogP contribution in [0.4, 0.5) is 8.78 Å². The predicted molar refractivity (Wildman–Crippen MR) is 144 cm³/mol. The fraction of sp³-hybridized carbons (Fsp3) is 0.467. The molecule has 6 atom stereocenters. The average molecular weight is 583 g/mol. The zero-order valence-electron chi connectivity index (χ0n) is 22.1. The quantitative estimate of drug-likeness (QED) is 0.498. The molecule has 0 radical (unpaired) electrons. The molecule has 3 heterocycles. The first-order chi connectivity index (χ1) is 19.6. The summed E-state index contributed by atoms with van der Waals surface area (Å²) in [5.74, 6) is -7.19. The topological polar surface area (TPSA) is 123 Å². The Bertz CT molecular complexity index is 1480. The summed E-state index contributed by atoms with van der Waals surface area (Å²) in [4.78, 5) is 41.6. The summed E-state index contributed by atoms with van der Waals surface area (Å²) < 4.78 is 30.6. The molecule has 4 fully saturated rings. The molecule has 0 aromatic heterocycles. The number of nitrogens with zero attached hydrogens (tertiary/aromatic N) is 2. The summed E-state index contributed by atoms with van der Waals surface area (Å²) in [5, 5.41) is 27.6. The Morgan fingerprint density at radius 1 is 1.17 bits per heavy atom. The Labute approximate surface area is 240 Å². The molecule has 214 valence electrons. The molecule has 2 aromatic rings. The summed E-state index contributed by atoms with van der Waals surface area (Å²) in [6.07, 6.45) is 0.943. The molecule has 5 aliphatic rings. The number of benzene rings is 2. The van der Waals surface area contributed by atoms with Crippen LogP contribution >= 0.6 is 11.6 Å². The first kappa shape index (κ1) is 27.6. The monoisotopic (exact) mass is 582 g/mol. The van der Waals surface area contributed by atoms with Crippen LogP contribution in [0.2, 0.25) is 5.02 Å². The molecule has 3 aliphatic heterocycles. The van der Waals surface area contributed by atoms with E-state index in [4.69, 9.17) is 11.6 Å². The number of fused-ring (bicyclic) bond motifs is 6. The van der Waals surface area contributed by atoms with E-state index in [1.54, 1.807) is 36.4 Å². The highest BCUT2D eigenvalue weighted by molar-refractivity contribution is 6.31. The number of aliphatic hydroxyl groups is 1. The maximum atomic E-state index is 15.3. The van der Waals surface area contributed by atoms with Crippen LogP contribution in [0.5, 0.6) is 0 Å². The maximum absolute atomic E-state index is 15.3. The molecular formula is C30H29ClF2N4O4. The molecule has 3 N–H and O–H groups in total. The minimum atomic E-state index is -3.22. The van der Waals surface area contributed by atoms with Gasteiger partial charge in [0.15, 0.2) is 5.60 Å². The second-order valence-corrected chi connectivity index (χ2v) is 11.9. The third-order valence-corrected chi connectivity index (χ3v) is 9.35. The molecule has 2 aromatic carbocycles. The standard InChI is InChI=1S/C30H29ClF2N4O4/c31-17-7-9-21-20-5-1-2-6-22(20)30(41,24(21)13-17)28(40)37-19-8-10-23(29(32,33)14-19)25(37)27(39)36-18(15-34)12-16-4-3-11-35-26(16)38/h1-2,5-7,9,13,16,18-19,23,25,41H,3-4,8,10-12,14H2,(H,35,38)(H,36,39)/t16-,18+,19+,23+,25-,30+/m1/s1. The van der Waals surface area contributed by atoms with Crippen molar-refractivity contribution < 1.29 is 28.3 Å². The minimum absolute atomic E-state index is 0.0131. The summed E-state index contributed by atoms with van der Waals surface area (Å²) in [5.41, 5.74) is -0.546. The molecule has 3 amide bonds. The Morgan fingerprint density at radius 3 is 2.66 bits per heavy atom. The lowest BCUT2D eigenvalue weighted by molar-refractivity contribution is -0.201. The third-order valence-electron chi connectivity index (χ3n) is 9.12. The lowest BCUT2D eigenvalue weighted by atomic mass is 9.70. The van der Waals surface area contributed by atoms with E-state index in [0.717, 1.165) is 11.3 Å².